The zero-order valence-electron chi connectivity index (χ0n) is 11.9. The molecule has 0 aromatic rings. The maximum Gasteiger partial charge on any atom is 0.353 e. The number of methoxy groups -OCH3 is 2. The summed E-state index contributed by atoms with van der Waals surface area (Å²) in [6.07, 6.45) is 2.20. The van der Waals surface area contributed by atoms with Crippen LogP contribution in [0.15, 0.2) is 11.9 Å². The lowest BCUT2D eigenvalue weighted by molar-refractivity contribution is -0.132. The Morgan fingerprint density at radius 3 is 2.00 bits per heavy atom. The fraction of sp³-hybridized carbons (Fsp3) is 0.833. The summed E-state index contributed by atoms with van der Waals surface area (Å²) in [5.74, 6) is 1.67. The Labute approximate surface area is 110 Å². The Morgan fingerprint density at radius 1 is 1.11 bits per heavy atom. The predicted octanol–water partition coefficient (Wildman–Crippen LogP) is 3.41. The highest BCUT2D eigenvalue weighted by molar-refractivity contribution is 7.57. The first-order valence-electron chi connectivity index (χ1n) is 6.15. The zero-order chi connectivity index (χ0) is 14.0. The van der Waals surface area contributed by atoms with E-state index in [1.54, 1.807) is 34.1 Å². The van der Waals surface area contributed by atoms with E-state index in [1.165, 1.54) is 5.82 Å². The van der Waals surface area contributed by atoms with Crippen molar-refractivity contribution >= 4 is 7.60 Å². The molecule has 0 spiro atoms. The third-order valence-electron chi connectivity index (χ3n) is 2.34. The molecule has 1 unspecified atom stereocenters. The number of ether oxygens (including phenoxy) is 2. The molecule has 1 atom stereocenters. The molecule has 5 nitrogen and oxygen atoms in total. The first-order valence-corrected chi connectivity index (χ1v) is 7.76. The van der Waals surface area contributed by atoms with E-state index < -0.39 is 7.60 Å². The summed E-state index contributed by atoms with van der Waals surface area (Å²) >= 11 is 0. The van der Waals surface area contributed by atoms with Gasteiger partial charge in [-0.05, 0) is 20.3 Å². The molecule has 0 aliphatic heterocycles. The predicted molar refractivity (Wildman–Crippen MR) is 71.6 cm³/mol. The molecule has 0 N–H and O–H groups in total. The van der Waals surface area contributed by atoms with Crippen LogP contribution in [0.5, 0.6) is 0 Å². The van der Waals surface area contributed by atoms with E-state index in [9.17, 15) is 4.57 Å². The highest BCUT2D eigenvalue weighted by Gasteiger charge is 2.20. The standard InChI is InChI=1S/C12H25O5P/c1-6-16-18(13,17-7-2)10-8-9-11(3)12(14-4)15-5/h8,10-12H,6-7,9H2,1-5H3. The van der Waals surface area contributed by atoms with E-state index in [2.05, 4.69) is 0 Å². The van der Waals surface area contributed by atoms with Crippen LogP contribution in [0, 0.1) is 5.92 Å². The summed E-state index contributed by atoms with van der Waals surface area (Å²) in [5, 5.41) is 0. The average molecular weight is 280 g/mol. The second kappa shape index (κ2) is 9.70. The van der Waals surface area contributed by atoms with Gasteiger partial charge in [-0.15, -0.1) is 0 Å². The number of hydrogen-bond donors (Lipinski definition) is 0. The van der Waals surface area contributed by atoms with Crippen LogP contribution < -0.4 is 0 Å². The second-order valence-electron chi connectivity index (χ2n) is 3.81. The molecule has 0 aliphatic rings. The van der Waals surface area contributed by atoms with Crippen LogP contribution in [-0.2, 0) is 23.1 Å². The topological polar surface area (TPSA) is 54.0 Å². The molecular formula is C12H25O5P. The van der Waals surface area contributed by atoms with Gasteiger partial charge in [-0.3, -0.25) is 4.57 Å². The number of hydrogen-bond acceptors (Lipinski definition) is 5. The molecule has 0 aromatic heterocycles. The molecule has 0 aliphatic carbocycles. The van der Waals surface area contributed by atoms with Gasteiger partial charge >= 0.3 is 7.60 Å². The third-order valence-corrected chi connectivity index (χ3v) is 4.16. The molecule has 0 saturated carbocycles. The van der Waals surface area contributed by atoms with E-state index in [1.807, 2.05) is 6.92 Å². The Morgan fingerprint density at radius 2 is 1.61 bits per heavy atom. The van der Waals surface area contributed by atoms with Crippen molar-refractivity contribution in [2.75, 3.05) is 27.4 Å². The quantitative estimate of drug-likeness (QED) is 0.453. The zero-order valence-corrected chi connectivity index (χ0v) is 12.8. The lowest BCUT2D eigenvalue weighted by Crippen LogP contribution is -2.21. The first-order chi connectivity index (χ1) is 8.52. The van der Waals surface area contributed by atoms with Gasteiger partial charge in [0.25, 0.3) is 0 Å². The fourth-order valence-electron chi connectivity index (χ4n) is 1.56. The summed E-state index contributed by atoms with van der Waals surface area (Å²) in [6.45, 7) is 6.28. The third kappa shape index (κ3) is 6.66. The van der Waals surface area contributed by atoms with Crippen LogP contribution in [-0.4, -0.2) is 33.7 Å². The molecule has 18 heavy (non-hydrogen) atoms. The van der Waals surface area contributed by atoms with Crippen molar-refractivity contribution < 1.29 is 23.1 Å². The molecular weight excluding hydrogens is 255 g/mol. The van der Waals surface area contributed by atoms with Gasteiger partial charge in [-0.25, -0.2) is 0 Å². The molecule has 0 fully saturated rings. The average Bonchev–Trinajstić information content (AvgIpc) is 2.31. The van der Waals surface area contributed by atoms with Crippen molar-refractivity contribution in [2.24, 2.45) is 5.92 Å². The molecule has 108 valence electrons. The summed E-state index contributed by atoms with van der Waals surface area (Å²) in [7, 11) is 0.109. The van der Waals surface area contributed by atoms with E-state index in [0.717, 1.165) is 0 Å². The molecule has 0 saturated heterocycles. The smallest absolute Gasteiger partial charge is 0.353 e. The molecule has 0 bridgehead atoms. The van der Waals surface area contributed by atoms with E-state index in [0.29, 0.717) is 19.6 Å². The summed E-state index contributed by atoms with van der Waals surface area (Å²) < 4.78 is 32.7. The van der Waals surface area contributed by atoms with Gasteiger partial charge in [0, 0.05) is 26.0 Å². The monoisotopic (exact) mass is 280 g/mol. The van der Waals surface area contributed by atoms with Crippen LogP contribution in [0.3, 0.4) is 0 Å². The minimum absolute atomic E-state index is 0.160. The van der Waals surface area contributed by atoms with Gasteiger partial charge in [-0.1, -0.05) is 13.0 Å². The van der Waals surface area contributed by atoms with E-state index >= 15 is 0 Å². The lowest BCUT2D eigenvalue weighted by Gasteiger charge is -2.19. The van der Waals surface area contributed by atoms with Gasteiger partial charge in [0.2, 0.25) is 0 Å². The van der Waals surface area contributed by atoms with Crippen molar-refractivity contribution in [3.63, 3.8) is 0 Å². The van der Waals surface area contributed by atoms with Crippen molar-refractivity contribution in [1.29, 1.82) is 0 Å². The van der Waals surface area contributed by atoms with Crippen molar-refractivity contribution in [3.8, 4) is 0 Å². The SMILES string of the molecule is CCOP(=O)(C=CCC(C)C(OC)OC)OCC. The second-order valence-corrected chi connectivity index (χ2v) is 5.71. The minimum atomic E-state index is -3.08. The summed E-state index contributed by atoms with van der Waals surface area (Å²) in [4.78, 5) is 0. The van der Waals surface area contributed by atoms with Crippen LogP contribution >= 0.6 is 7.60 Å². The number of allylic oxidation sites excluding steroid dienone is 1. The Kier molecular flexibility index (Phi) is 9.60. The number of rotatable bonds is 10. The normalized spacial score (nSPS) is 14.6. The maximum atomic E-state index is 12.1. The lowest BCUT2D eigenvalue weighted by atomic mass is 10.1. The van der Waals surface area contributed by atoms with E-state index in [4.69, 9.17) is 18.5 Å². The molecule has 0 heterocycles. The van der Waals surface area contributed by atoms with Crippen LogP contribution in [0.1, 0.15) is 27.2 Å². The van der Waals surface area contributed by atoms with Crippen molar-refractivity contribution in [3.05, 3.63) is 11.9 Å². The van der Waals surface area contributed by atoms with Gasteiger partial charge < -0.3 is 18.5 Å². The molecule has 0 aromatic carbocycles. The maximum absolute atomic E-state index is 12.1. The largest absolute Gasteiger partial charge is 0.356 e. The fourth-order valence-corrected chi connectivity index (χ4v) is 2.91. The summed E-state index contributed by atoms with van der Waals surface area (Å²) in [6, 6.07) is 0. The van der Waals surface area contributed by atoms with Gasteiger partial charge in [0.05, 0.1) is 13.2 Å². The Hall–Kier alpha value is -0.190. The minimum Gasteiger partial charge on any atom is -0.356 e. The van der Waals surface area contributed by atoms with Gasteiger partial charge in [-0.2, -0.15) is 0 Å². The Bertz CT molecular complexity index is 266. The van der Waals surface area contributed by atoms with Crippen molar-refractivity contribution in [1.82, 2.24) is 0 Å². The molecule has 0 rings (SSSR count). The molecule has 0 amide bonds. The van der Waals surface area contributed by atoms with Crippen LogP contribution in [0.25, 0.3) is 0 Å². The highest BCUT2D eigenvalue weighted by atomic mass is 31.2. The van der Waals surface area contributed by atoms with Crippen LogP contribution in [0.2, 0.25) is 0 Å². The Balaban J connectivity index is 4.38. The van der Waals surface area contributed by atoms with Gasteiger partial charge in [0.15, 0.2) is 6.29 Å². The highest BCUT2D eigenvalue weighted by Crippen LogP contribution is 2.49. The molecule has 6 heteroatoms. The van der Waals surface area contributed by atoms with Crippen LogP contribution in [0.4, 0.5) is 0 Å². The first kappa shape index (κ1) is 17.8. The van der Waals surface area contributed by atoms with E-state index in [-0.39, 0.29) is 12.2 Å². The van der Waals surface area contributed by atoms with Gasteiger partial charge in [0.1, 0.15) is 0 Å². The van der Waals surface area contributed by atoms with Crippen molar-refractivity contribution in [2.45, 2.75) is 33.5 Å². The molecule has 0 radical (unpaired) electrons. The summed E-state index contributed by atoms with van der Waals surface area (Å²) in [5.41, 5.74) is 0.